The number of fused-ring (bicyclic) bond motifs is 1. The molecule has 0 aliphatic carbocycles. The van der Waals surface area contributed by atoms with Gasteiger partial charge in [-0.1, -0.05) is 15.1 Å². The van der Waals surface area contributed by atoms with E-state index in [-0.39, 0.29) is 0 Å². The third-order valence-corrected chi connectivity index (χ3v) is 3.60. The zero-order chi connectivity index (χ0) is 6.10. The quantitative estimate of drug-likeness (QED) is 0.360. The van der Waals surface area contributed by atoms with Gasteiger partial charge in [0.25, 0.3) is 0 Å². The van der Waals surface area contributed by atoms with Crippen molar-refractivity contribution in [1.82, 2.24) is 10.3 Å². The van der Waals surface area contributed by atoms with Gasteiger partial charge in [0.2, 0.25) is 7.41 Å². The molecule has 1 radical (unpaired) electrons. The molecule has 4 heteroatoms. The molecular weight excluding hydrogens is 130 g/mol. The summed E-state index contributed by atoms with van der Waals surface area (Å²) in [6.45, 7) is 2.44. The highest BCUT2D eigenvalue weighted by atomic mass is 31.1. The highest BCUT2D eigenvalue weighted by molar-refractivity contribution is 7.37. The van der Waals surface area contributed by atoms with Gasteiger partial charge in [-0.3, -0.25) is 5.09 Å². The second kappa shape index (κ2) is 2.57. The van der Waals surface area contributed by atoms with E-state index in [1.165, 1.54) is 19.4 Å². The maximum atomic E-state index is 3.43. The van der Waals surface area contributed by atoms with Gasteiger partial charge in [-0.15, -0.1) is 0 Å². The van der Waals surface area contributed by atoms with Crippen LogP contribution in [0.15, 0.2) is 0 Å². The van der Waals surface area contributed by atoms with Crippen molar-refractivity contribution in [2.45, 2.75) is 12.0 Å². The molecule has 0 aromatic carbocycles. The largest absolute Gasteiger partial charge is 0.360 e. The van der Waals surface area contributed by atoms with E-state index in [1.807, 2.05) is 0 Å². The lowest BCUT2D eigenvalue weighted by atomic mass is 9.78. The Hall–Kier alpha value is 0.415. The molecule has 3 atom stereocenters. The maximum absolute atomic E-state index is 3.43. The third-order valence-electron chi connectivity index (χ3n) is 2.12. The van der Waals surface area contributed by atoms with Crippen LogP contribution in [-0.4, -0.2) is 26.2 Å². The molecule has 2 heterocycles. The van der Waals surface area contributed by atoms with Crippen LogP contribution in [-0.2, 0) is 0 Å². The van der Waals surface area contributed by atoms with Gasteiger partial charge in [0.15, 0.2) is 0 Å². The fourth-order valence-corrected chi connectivity index (χ4v) is 2.84. The van der Waals surface area contributed by atoms with E-state index in [9.17, 15) is 0 Å². The summed E-state index contributed by atoms with van der Waals surface area (Å²) in [7, 11) is 3.23. The molecule has 2 nitrogen and oxygen atoms in total. The van der Waals surface area contributed by atoms with Crippen LogP contribution in [0.3, 0.4) is 0 Å². The minimum absolute atomic E-state index is 0.924. The molecule has 9 heavy (non-hydrogen) atoms. The molecule has 0 amide bonds. The van der Waals surface area contributed by atoms with Crippen LogP contribution in [0.1, 0.15) is 0 Å². The van der Waals surface area contributed by atoms with Crippen molar-refractivity contribution in [1.29, 1.82) is 0 Å². The molecule has 2 aliphatic heterocycles. The Morgan fingerprint density at radius 3 is 3.33 bits per heavy atom. The van der Waals surface area contributed by atoms with Crippen molar-refractivity contribution < 1.29 is 0 Å². The van der Waals surface area contributed by atoms with Crippen LogP contribution >= 0.6 is 8.73 Å². The molecule has 49 valence electrons. The molecule has 2 rings (SSSR count). The Kier molecular flexibility index (Phi) is 1.76. The van der Waals surface area contributed by atoms with Crippen LogP contribution in [0.25, 0.3) is 0 Å². The highest BCUT2D eigenvalue weighted by Crippen LogP contribution is 2.33. The van der Waals surface area contributed by atoms with Gasteiger partial charge < -0.3 is 5.23 Å². The lowest BCUT2D eigenvalue weighted by Gasteiger charge is -2.23. The number of hydrogen-bond acceptors (Lipinski definition) is 2. The Labute approximate surface area is 58.3 Å². The molecule has 2 saturated heterocycles. The molecule has 2 fully saturated rings. The van der Waals surface area contributed by atoms with Crippen molar-refractivity contribution >= 4 is 16.1 Å². The summed E-state index contributed by atoms with van der Waals surface area (Å²) in [6.07, 6.45) is 1.27. The number of rotatable bonds is 0. The summed E-state index contributed by atoms with van der Waals surface area (Å²) in [5.41, 5.74) is 0.964. The zero-order valence-electron chi connectivity index (χ0n) is 5.35. The molecule has 0 spiro atoms. The predicted molar refractivity (Wildman–Crippen MR) is 42.2 cm³/mol. The van der Waals surface area contributed by atoms with Gasteiger partial charge in [-0.2, -0.15) is 0 Å². The van der Waals surface area contributed by atoms with Gasteiger partial charge in [0, 0.05) is 6.54 Å². The van der Waals surface area contributed by atoms with Crippen molar-refractivity contribution in [3.63, 3.8) is 0 Å². The van der Waals surface area contributed by atoms with Crippen molar-refractivity contribution in [3.05, 3.63) is 0 Å². The van der Waals surface area contributed by atoms with Crippen molar-refractivity contribution in [2.24, 2.45) is 5.92 Å². The first-order valence-electron chi connectivity index (χ1n) is 3.50. The van der Waals surface area contributed by atoms with Crippen LogP contribution < -0.4 is 10.3 Å². The summed E-state index contributed by atoms with van der Waals surface area (Å²) in [5, 5.41) is 6.73. The fraction of sp³-hybridized carbons (Fsp3) is 1.00. The minimum atomic E-state index is 0.924. The van der Waals surface area contributed by atoms with Crippen LogP contribution in [0.4, 0.5) is 0 Å². The number of nitrogens with one attached hydrogen (secondary N) is 2. The first-order valence-corrected chi connectivity index (χ1v) is 4.58. The second-order valence-electron chi connectivity index (χ2n) is 2.74. The Morgan fingerprint density at radius 1 is 1.44 bits per heavy atom. The highest BCUT2D eigenvalue weighted by Gasteiger charge is 2.29. The first-order chi connectivity index (χ1) is 4.47. The lowest BCUT2D eigenvalue weighted by Crippen LogP contribution is -2.38. The molecule has 2 aliphatic rings. The smallest absolute Gasteiger partial charge is 0.205 e. The van der Waals surface area contributed by atoms with E-state index in [2.05, 4.69) is 17.7 Å². The molecule has 2 N–H and O–H groups in total. The molecule has 0 aromatic heterocycles. The van der Waals surface area contributed by atoms with Gasteiger partial charge in [0.1, 0.15) is 0 Å². The Balaban J connectivity index is 1.97. The summed E-state index contributed by atoms with van der Waals surface area (Å²) in [4.78, 5) is 0. The predicted octanol–water partition coefficient (Wildman–Crippen LogP) is -0.191. The molecule has 3 unspecified atom stereocenters. The summed E-state index contributed by atoms with van der Waals surface area (Å²) in [5.74, 6) is 0.924. The SMILES string of the molecule is [B]1CC2PNCC2CN1. The van der Waals surface area contributed by atoms with E-state index < -0.39 is 0 Å². The molecule has 0 bridgehead atoms. The van der Waals surface area contributed by atoms with Crippen LogP contribution in [0.2, 0.25) is 6.32 Å². The van der Waals surface area contributed by atoms with Gasteiger partial charge in [-0.25, -0.2) is 0 Å². The Morgan fingerprint density at radius 2 is 2.44 bits per heavy atom. The fourth-order valence-electron chi connectivity index (χ4n) is 1.49. The normalized spacial score (nSPS) is 44.4. The van der Waals surface area contributed by atoms with E-state index in [4.69, 9.17) is 0 Å². The summed E-state index contributed by atoms with van der Waals surface area (Å²) < 4.78 is 0. The summed E-state index contributed by atoms with van der Waals surface area (Å²) >= 11 is 0. The monoisotopic (exact) mass is 141 g/mol. The van der Waals surface area contributed by atoms with Gasteiger partial charge in [0.05, 0.1) is 0 Å². The summed E-state index contributed by atoms with van der Waals surface area (Å²) in [6, 6.07) is 0. The van der Waals surface area contributed by atoms with Crippen molar-refractivity contribution in [2.75, 3.05) is 13.1 Å². The second-order valence-corrected chi connectivity index (χ2v) is 4.12. The van der Waals surface area contributed by atoms with Crippen molar-refractivity contribution in [3.8, 4) is 0 Å². The topological polar surface area (TPSA) is 24.1 Å². The van der Waals surface area contributed by atoms with E-state index in [1.54, 1.807) is 0 Å². The lowest BCUT2D eigenvalue weighted by molar-refractivity contribution is 0.520. The van der Waals surface area contributed by atoms with E-state index in [0.29, 0.717) is 0 Å². The molecule has 0 aromatic rings. The number of hydrogen-bond donors (Lipinski definition) is 2. The van der Waals surface area contributed by atoms with E-state index >= 15 is 0 Å². The first kappa shape index (κ1) is 6.15. The maximum Gasteiger partial charge on any atom is 0.205 e. The third kappa shape index (κ3) is 1.14. The van der Waals surface area contributed by atoms with E-state index in [0.717, 1.165) is 20.3 Å². The average molecular weight is 141 g/mol. The molecular formula is C5H11BN2P. The minimum Gasteiger partial charge on any atom is -0.360 e. The molecule has 0 saturated carbocycles. The average Bonchev–Trinajstić information content (AvgIpc) is 2.33. The standard InChI is InChI=1S/C5H11BN2P/c1-5-4(2-7-6-1)3-8-9-5/h4-5,7-9H,1-3H2. The van der Waals surface area contributed by atoms with Gasteiger partial charge >= 0.3 is 0 Å². The van der Waals surface area contributed by atoms with Crippen LogP contribution in [0.5, 0.6) is 0 Å². The zero-order valence-corrected chi connectivity index (χ0v) is 6.35. The van der Waals surface area contributed by atoms with Crippen LogP contribution in [0, 0.1) is 5.92 Å². The van der Waals surface area contributed by atoms with Gasteiger partial charge in [-0.05, 0) is 18.1 Å². The Bertz CT molecular complexity index is 99.1.